The zero-order valence-corrected chi connectivity index (χ0v) is 16.9. The van der Waals surface area contributed by atoms with Crippen molar-refractivity contribution in [1.29, 1.82) is 0 Å². The summed E-state index contributed by atoms with van der Waals surface area (Å²) in [6.07, 6.45) is 3.59. The number of hydrogen-bond donors (Lipinski definition) is 0. The molecule has 0 spiro atoms. The third-order valence-electron chi connectivity index (χ3n) is 4.46. The van der Waals surface area contributed by atoms with Crippen LogP contribution in [0.1, 0.15) is 30.3 Å². The van der Waals surface area contributed by atoms with E-state index < -0.39 is 0 Å². The third kappa shape index (κ3) is 4.63. The van der Waals surface area contributed by atoms with Crippen LogP contribution in [0.2, 0.25) is 0 Å². The van der Waals surface area contributed by atoms with Crippen LogP contribution < -0.4 is 4.74 Å². The van der Waals surface area contributed by atoms with Gasteiger partial charge in [0.05, 0.1) is 11.3 Å². The van der Waals surface area contributed by atoms with E-state index in [-0.39, 0.29) is 5.97 Å². The molecule has 0 fully saturated rings. The third-order valence-corrected chi connectivity index (χ3v) is 5.60. The molecule has 4 nitrogen and oxygen atoms in total. The second-order valence-corrected chi connectivity index (χ2v) is 7.73. The molecule has 4 rings (SSSR count). The standard InChI is InChI=1S/C24H21NO3S/c1-2-3-13-27-24(26)21-14-18-15-22(29-23(18)16-25-21)17-9-11-20(12-10-17)28-19-7-5-4-6-8-19/h4-12,14-16H,2-3,13H2,1H3. The Bertz CT molecular complexity index is 1100. The van der Waals surface area contributed by atoms with Crippen LogP contribution in [0.4, 0.5) is 0 Å². The van der Waals surface area contributed by atoms with Crippen LogP contribution in [0.3, 0.4) is 0 Å². The number of carbonyl (C=O) groups excluding carboxylic acids is 1. The predicted molar refractivity (Wildman–Crippen MR) is 117 cm³/mol. The number of rotatable bonds is 7. The summed E-state index contributed by atoms with van der Waals surface area (Å²) >= 11 is 1.65. The van der Waals surface area contributed by atoms with Crippen LogP contribution in [0, 0.1) is 0 Å². The predicted octanol–water partition coefficient (Wildman–Crippen LogP) is 6.71. The van der Waals surface area contributed by atoms with E-state index in [0.717, 1.165) is 44.9 Å². The van der Waals surface area contributed by atoms with Crippen molar-refractivity contribution in [3.05, 3.63) is 78.6 Å². The number of nitrogens with zero attached hydrogens (tertiary/aromatic N) is 1. The highest BCUT2D eigenvalue weighted by atomic mass is 32.1. The number of carbonyl (C=O) groups is 1. The van der Waals surface area contributed by atoms with Gasteiger partial charge in [0.15, 0.2) is 0 Å². The lowest BCUT2D eigenvalue weighted by Crippen LogP contribution is -2.07. The Labute approximate surface area is 173 Å². The van der Waals surface area contributed by atoms with E-state index in [9.17, 15) is 4.79 Å². The van der Waals surface area contributed by atoms with E-state index in [0.29, 0.717) is 12.3 Å². The van der Waals surface area contributed by atoms with Crippen molar-refractivity contribution < 1.29 is 14.3 Å². The molecule has 2 aromatic carbocycles. The minimum Gasteiger partial charge on any atom is -0.461 e. The Morgan fingerprint density at radius 3 is 2.52 bits per heavy atom. The van der Waals surface area contributed by atoms with Gasteiger partial charge in [-0.2, -0.15) is 0 Å². The molecule has 146 valence electrons. The number of esters is 1. The Kier molecular flexibility index (Phi) is 5.86. The highest BCUT2D eigenvalue weighted by Gasteiger charge is 2.12. The fraction of sp³-hybridized carbons (Fsp3) is 0.167. The fourth-order valence-corrected chi connectivity index (χ4v) is 3.91. The van der Waals surface area contributed by atoms with Gasteiger partial charge in [0.1, 0.15) is 17.2 Å². The molecule has 0 atom stereocenters. The quantitative estimate of drug-likeness (QED) is 0.254. The molecule has 0 unspecified atom stereocenters. The molecule has 0 aliphatic carbocycles. The molecule has 0 aliphatic heterocycles. The van der Waals surface area contributed by atoms with Gasteiger partial charge in [0, 0.05) is 11.1 Å². The van der Waals surface area contributed by atoms with Gasteiger partial charge >= 0.3 is 5.97 Å². The first-order valence-corrected chi connectivity index (χ1v) is 10.4. The summed E-state index contributed by atoms with van der Waals surface area (Å²) < 4.78 is 12.1. The number of thiophene rings is 1. The summed E-state index contributed by atoms with van der Waals surface area (Å²) in [7, 11) is 0. The van der Waals surface area contributed by atoms with Gasteiger partial charge < -0.3 is 9.47 Å². The number of aromatic nitrogens is 1. The number of pyridine rings is 1. The van der Waals surface area contributed by atoms with E-state index in [2.05, 4.69) is 18.0 Å². The van der Waals surface area contributed by atoms with Crippen LogP contribution >= 0.6 is 11.3 Å². The Morgan fingerprint density at radius 2 is 1.76 bits per heavy atom. The summed E-state index contributed by atoms with van der Waals surface area (Å²) in [6.45, 7) is 2.49. The van der Waals surface area contributed by atoms with E-state index >= 15 is 0 Å². The molecule has 0 saturated carbocycles. The monoisotopic (exact) mass is 403 g/mol. The number of benzene rings is 2. The maximum Gasteiger partial charge on any atom is 0.356 e. The van der Waals surface area contributed by atoms with Crippen molar-refractivity contribution >= 4 is 27.4 Å². The molecular weight excluding hydrogens is 382 g/mol. The summed E-state index contributed by atoms with van der Waals surface area (Å²) in [5.41, 5.74) is 1.45. The van der Waals surface area contributed by atoms with Gasteiger partial charge in [0.2, 0.25) is 0 Å². The molecule has 5 heteroatoms. The molecule has 4 aromatic rings. The zero-order chi connectivity index (χ0) is 20.1. The van der Waals surface area contributed by atoms with E-state index in [1.807, 2.05) is 54.6 Å². The largest absolute Gasteiger partial charge is 0.461 e. The summed E-state index contributed by atoms with van der Waals surface area (Å²) in [5, 5.41) is 0.993. The SMILES string of the molecule is CCCCOC(=O)c1cc2cc(-c3ccc(Oc4ccccc4)cc3)sc2cn1. The Morgan fingerprint density at radius 1 is 1.00 bits per heavy atom. The minimum absolute atomic E-state index is 0.351. The van der Waals surface area contributed by atoms with Gasteiger partial charge in [-0.1, -0.05) is 31.5 Å². The van der Waals surface area contributed by atoms with Gasteiger partial charge in [-0.15, -0.1) is 11.3 Å². The molecule has 0 saturated heterocycles. The smallest absolute Gasteiger partial charge is 0.356 e. The number of para-hydroxylation sites is 1. The van der Waals surface area contributed by atoms with Gasteiger partial charge in [-0.05, 0) is 65.9 Å². The molecular formula is C24H21NO3S. The average Bonchev–Trinajstić information content (AvgIpc) is 3.18. The first-order valence-electron chi connectivity index (χ1n) is 9.63. The second-order valence-electron chi connectivity index (χ2n) is 6.65. The molecule has 0 N–H and O–H groups in total. The van der Waals surface area contributed by atoms with E-state index in [1.54, 1.807) is 23.6 Å². The van der Waals surface area contributed by atoms with E-state index in [1.165, 1.54) is 0 Å². The molecule has 0 bridgehead atoms. The van der Waals surface area contributed by atoms with Crippen molar-refractivity contribution in [2.45, 2.75) is 19.8 Å². The van der Waals surface area contributed by atoms with Crippen LogP contribution in [0.15, 0.2) is 72.9 Å². The summed E-state index contributed by atoms with van der Waals surface area (Å²) in [6, 6.07) is 21.6. The van der Waals surface area contributed by atoms with Crippen LogP contribution in [-0.2, 0) is 4.74 Å². The zero-order valence-electron chi connectivity index (χ0n) is 16.1. The lowest BCUT2D eigenvalue weighted by Gasteiger charge is -2.05. The van der Waals surface area contributed by atoms with Gasteiger partial charge in [-0.3, -0.25) is 0 Å². The van der Waals surface area contributed by atoms with Gasteiger partial charge in [0.25, 0.3) is 0 Å². The van der Waals surface area contributed by atoms with E-state index in [4.69, 9.17) is 9.47 Å². The van der Waals surface area contributed by atoms with Crippen LogP contribution in [-0.4, -0.2) is 17.6 Å². The van der Waals surface area contributed by atoms with Crippen molar-refractivity contribution in [2.75, 3.05) is 6.61 Å². The molecule has 2 heterocycles. The highest BCUT2D eigenvalue weighted by Crippen LogP contribution is 2.34. The van der Waals surface area contributed by atoms with Gasteiger partial charge in [-0.25, -0.2) is 9.78 Å². The molecule has 0 radical (unpaired) electrons. The van der Waals surface area contributed by atoms with Crippen molar-refractivity contribution in [1.82, 2.24) is 4.98 Å². The molecule has 0 aliphatic rings. The van der Waals surface area contributed by atoms with Crippen molar-refractivity contribution in [3.8, 4) is 21.9 Å². The first kappa shape index (κ1) is 19.2. The molecule has 2 aromatic heterocycles. The second kappa shape index (κ2) is 8.88. The van der Waals surface area contributed by atoms with Crippen molar-refractivity contribution in [3.63, 3.8) is 0 Å². The number of ether oxygens (including phenoxy) is 2. The van der Waals surface area contributed by atoms with Crippen molar-refractivity contribution in [2.24, 2.45) is 0 Å². The maximum atomic E-state index is 12.1. The minimum atomic E-state index is -0.365. The Balaban J connectivity index is 1.51. The maximum absolute atomic E-state index is 12.1. The topological polar surface area (TPSA) is 48.4 Å². The number of fused-ring (bicyclic) bond motifs is 1. The van der Waals surface area contributed by atoms with Crippen LogP contribution in [0.5, 0.6) is 11.5 Å². The summed E-state index contributed by atoms with van der Waals surface area (Å²) in [4.78, 5) is 17.5. The van der Waals surface area contributed by atoms with Crippen LogP contribution in [0.25, 0.3) is 20.5 Å². The lowest BCUT2D eigenvalue weighted by atomic mass is 10.1. The highest BCUT2D eigenvalue weighted by molar-refractivity contribution is 7.22. The molecule has 0 amide bonds. The normalized spacial score (nSPS) is 10.8. The Hall–Kier alpha value is -3.18. The lowest BCUT2D eigenvalue weighted by molar-refractivity contribution is 0.0493. The fourth-order valence-electron chi connectivity index (χ4n) is 2.89. The summed E-state index contributed by atoms with van der Waals surface area (Å²) in [5.74, 6) is 1.24. The number of unbranched alkanes of at least 4 members (excludes halogenated alkanes) is 1. The molecule has 29 heavy (non-hydrogen) atoms. The first-order chi connectivity index (χ1) is 14.2. The number of hydrogen-bond acceptors (Lipinski definition) is 5. The average molecular weight is 404 g/mol.